The second kappa shape index (κ2) is 7.56. The molecular formula is C22H36N6O. The Labute approximate surface area is 174 Å². The molecule has 2 aliphatic heterocycles. The normalized spacial score (nSPS) is 32.9. The smallest absolute Gasteiger partial charge is 0.191 e. The molecule has 1 aromatic heterocycles. The van der Waals surface area contributed by atoms with Crippen LogP contribution in [-0.4, -0.2) is 52.1 Å². The third-order valence-corrected chi connectivity index (χ3v) is 7.63. The highest BCUT2D eigenvalue weighted by Gasteiger charge is 2.65. The lowest BCUT2D eigenvalue weighted by Gasteiger charge is -2.57. The maximum Gasteiger partial charge on any atom is 0.191 e. The fourth-order valence-corrected chi connectivity index (χ4v) is 6.23. The topological polar surface area (TPSA) is 76.4 Å². The van der Waals surface area contributed by atoms with Gasteiger partial charge in [0.05, 0.1) is 12.6 Å². The summed E-state index contributed by atoms with van der Waals surface area (Å²) in [5.74, 6) is 4.10. The third kappa shape index (κ3) is 3.25. The lowest BCUT2D eigenvalue weighted by Crippen LogP contribution is -2.69. The Kier molecular flexibility index (Phi) is 5.04. The zero-order valence-corrected chi connectivity index (χ0v) is 18.2. The molecule has 1 aromatic rings. The molecule has 2 N–H and O–H groups in total. The minimum Gasteiger partial charge on any atom is -0.377 e. The Hall–Kier alpha value is -1.63. The van der Waals surface area contributed by atoms with Crippen LogP contribution in [0.5, 0.6) is 0 Å². The highest BCUT2D eigenvalue weighted by Crippen LogP contribution is 2.60. The number of aryl methyl sites for hydroxylation is 1. The van der Waals surface area contributed by atoms with E-state index in [0.717, 1.165) is 50.1 Å². The monoisotopic (exact) mass is 400 g/mol. The molecule has 3 fully saturated rings. The number of aliphatic imine (C=N–C) groups is 1. The number of hydrogen-bond acceptors (Lipinski definition) is 4. The quantitative estimate of drug-likeness (QED) is 0.600. The summed E-state index contributed by atoms with van der Waals surface area (Å²) < 4.78 is 8.25. The van der Waals surface area contributed by atoms with Crippen molar-refractivity contribution in [2.24, 2.45) is 16.3 Å². The molecule has 0 amide bonds. The SMILES string of the molecule is CCN=C(NC1CCc2nc(C(C)C)nn2C1)NC1C2CCOC2C12CCCC2. The summed E-state index contributed by atoms with van der Waals surface area (Å²) >= 11 is 0. The van der Waals surface area contributed by atoms with E-state index in [1.165, 1.54) is 32.1 Å². The van der Waals surface area contributed by atoms with E-state index in [9.17, 15) is 0 Å². The van der Waals surface area contributed by atoms with Crippen LogP contribution in [0, 0.1) is 11.3 Å². The minimum atomic E-state index is 0.342. The number of hydrogen-bond donors (Lipinski definition) is 2. The number of nitrogens with zero attached hydrogens (tertiary/aromatic N) is 4. The molecule has 0 bridgehead atoms. The van der Waals surface area contributed by atoms with Gasteiger partial charge in [0, 0.05) is 48.9 Å². The highest BCUT2D eigenvalue weighted by molar-refractivity contribution is 5.80. The van der Waals surface area contributed by atoms with Gasteiger partial charge in [0.1, 0.15) is 5.82 Å². The molecule has 7 nitrogen and oxygen atoms in total. The van der Waals surface area contributed by atoms with E-state index in [1.807, 2.05) is 0 Å². The molecule has 0 radical (unpaired) electrons. The number of fused-ring (bicyclic) bond motifs is 3. The fraction of sp³-hybridized carbons (Fsp3) is 0.864. The van der Waals surface area contributed by atoms with Crippen LogP contribution >= 0.6 is 0 Å². The first-order valence-corrected chi connectivity index (χ1v) is 11.7. The number of aromatic nitrogens is 3. The van der Waals surface area contributed by atoms with Crippen molar-refractivity contribution in [2.45, 2.75) is 96.4 Å². The van der Waals surface area contributed by atoms with E-state index in [1.54, 1.807) is 0 Å². The van der Waals surface area contributed by atoms with Gasteiger partial charge in [-0.2, -0.15) is 5.10 Å². The van der Waals surface area contributed by atoms with Gasteiger partial charge in [-0.05, 0) is 32.6 Å². The van der Waals surface area contributed by atoms with E-state index in [-0.39, 0.29) is 0 Å². The molecule has 4 aliphatic rings. The van der Waals surface area contributed by atoms with Crippen molar-refractivity contribution in [2.75, 3.05) is 13.2 Å². The number of rotatable bonds is 4. The van der Waals surface area contributed by atoms with E-state index in [0.29, 0.717) is 35.4 Å². The molecule has 2 aliphatic carbocycles. The van der Waals surface area contributed by atoms with Gasteiger partial charge in [0.2, 0.25) is 0 Å². The van der Waals surface area contributed by atoms with E-state index >= 15 is 0 Å². The summed E-state index contributed by atoms with van der Waals surface area (Å²) in [5.41, 5.74) is 0.342. The fourth-order valence-electron chi connectivity index (χ4n) is 6.23. The summed E-state index contributed by atoms with van der Waals surface area (Å²) in [5, 5.41) is 12.3. The Morgan fingerprint density at radius 2 is 2.10 bits per heavy atom. The zero-order valence-electron chi connectivity index (χ0n) is 18.2. The van der Waals surface area contributed by atoms with Gasteiger partial charge in [0.25, 0.3) is 0 Å². The van der Waals surface area contributed by atoms with Gasteiger partial charge in [-0.3, -0.25) is 4.99 Å². The lowest BCUT2D eigenvalue weighted by atomic mass is 9.54. The van der Waals surface area contributed by atoms with Gasteiger partial charge in [-0.1, -0.05) is 26.7 Å². The molecule has 0 aromatic carbocycles. The Balaban J connectivity index is 1.27. The molecule has 160 valence electrons. The van der Waals surface area contributed by atoms with Crippen LogP contribution in [0.3, 0.4) is 0 Å². The summed E-state index contributed by atoms with van der Waals surface area (Å²) in [6, 6.07) is 0.852. The summed E-state index contributed by atoms with van der Waals surface area (Å²) in [6.45, 7) is 9.01. The minimum absolute atomic E-state index is 0.342. The molecule has 3 heterocycles. The summed E-state index contributed by atoms with van der Waals surface area (Å²) in [6.07, 6.45) is 9.00. The maximum atomic E-state index is 6.15. The molecule has 7 heteroatoms. The van der Waals surface area contributed by atoms with Gasteiger partial charge in [0.15, 0.2) is 11.8 Å². The van der Waals surface area contributed by atoms with Crippen molar-refractivity contribution in [3.8, 4) is 0 Å². The number of nitrogens with one attached hydrogen (secondary N) is 2. The largest absolute Gasteiger partial charge is 0.377 e. The van der Waals surface area contributed by atoms with E-state index < -0.39 is 0 Å². The van der Waals surface area contributed by atoms with Crippen molar-refractivity contribution in [1.29, 1.82) is 0 Å². The third-order valence-electron chi connectivity index (χ3n) is 7.63. The number of guanidine groups is 1. The second-order valence-electron chi connectivity index (χ2n) is 9.73. The van der Waals surface area contributed by atoms with Crippen LogP contribution in [0.1, 0.15) is 76.9 Å². The maximum absolute atomic E-state index is 6.15. The average Bonchev–Trinajstić information content (AvgIpc) is 3.43. The summed E-state index contributed by atoms with van der Waals surface area (Å²) in [4.78, 5) is 9.53. The number of ether oxygens (including phenoxy) is 1. The van der Waals surface area contributed by atoms with Crippen molar-refractivity contribution < 1.29 is 4.74 Å². The van der Waals surface area contributed by atoms with Crippen molar-refractivity contribution in [3.63, 3.8) is 0 Å². The predicted molar refractivity (Wildman–Crippen MR) is 113 cm³/mol. The molecular weight excluding hydrogens is 364 g/mol. The van der Waals surface area contributed by atoms with Crippen LogP contribution in [0.4, 0.5) is 0 Å². The molecule has 4 atom stereocenters. The zero-order chi connectivity index (χ0) is 20.0. The van der Waals surface area contributed by atoms with Crippen LogP contribution < -0.4 is 10.6 Å². The standard InChI is InChI=1S/C22H36N6O/c1-4-23-21(24-15-7-8-17-25-20(14(2)3)27-28(17)13-15)26-18-16-9-12-29-19(16)22(18)10-5-6-11-22/h14-16,18-19H,4-13H2,1-3H3,(H2,23,24,26). The first-order chi connectivity index (χ1) is 14.1. The van der Waals surface area contributed by atoms with Crippen LogP contribution in [0.25, 0.3) is 0 Å². The van der Waals surface area contributed by atoms with E-state index in [4.69, 9.17) is 19.8 Å². The van der Waals surface area contributed by atoms with Gasteiger partial charge >= 0.3 is 0 Å². The molecule has 5 rings (SSSR count). The molecule has 1 spiro atoms. The van der Waals surface area contributed by atoms with Gasteiger partial charge in [-0.15, -0.1) is 0 Å². The van der Waals surface area contributed by atoms with Crippen molar-refractivity contribution in [3.05, 3.63) is 11.6 Å². The first-order valence-electron chi connectivity index (χ1n) is 11.7. The summed E-state index contributed by atoms with van der Waals surface area (Å²) in [7, 11) is 0. The van der Waals surface area contributed by atoms with Crippen LogP contribution in [-0.2, 0) is 17.7 Å². The highest BCUT2D eigenvalue weighted by atomic mass is 16.5. The van der Waals surface area contributed by atoms with Gasteiger partial charge < -0.3 is 15.4 Å². The first kappa shape index (κ1) is 19.3. The molecule has 4 unspecified atom stereocenters. The van der Waals surface area contributed by atoms with Crippen molar-refractivity contribution in [1.82, 2.24) is 25.4 Å². The Morgan fingerprint density at radius 1 is 1.28 bits per heavy atom. The predicted octanol–water partition coefficient (Wildman–Crippen LogP) is 2.62. The molecule has 29 heavy (non-hydrogen) atoms. The van der Waals surface area contributed by atoms with Crippen LogP contribution in [0.2, 0.25) is 0 Å². The van der Waals surface area contributed by atoms with E-state index in [2.05, 4.69) is 36.1 Å². The molecule has 1 saturated heterocycles. The Morgan fingerprint density at radius 3 is 2.86 bits per heavy atom. The Bertz CT molecular complexity index is 765. The van der Waals surface area contributed by atoms with Crippen molar-refractivity contribution >= 4 is 5.96 Å². The lowest BCUT2D eigenvalue weighted by molar-refractivity contribution is -0.125. The molecule has 2 saturated carbocycles. The average molecular weight is 401 g/mol. The van der Waals surface area contributed by atoms with Crippen LogP contribution in [0.15, 0.2) is 4.99 Å². The van der Waals surface area contributed by atoms with Gasteiger partial charge in [-0.25, -0.2) is 9.67 Å². The second-order valence-corrected chi connectivity index (χ2v) is 9.73.